The van der Waals surface area contributed by atoms with Gasteiger partial charge >= 0.3 is 0 Å². The minimum absolute atomic E-state index is 0. The molecule has 1 aromatic carbocycles. The summed E-state index contributed by atoms with van der Waals surface area (Å²) in [6.45, 7) is 0. The second-order valence-electron chi connectivity index (χ2n) is 1.90. The van der Waals surface area contributed by atoms with Crippen LogP contribution in [0.5, 0.6) is 11.5 Å². The maximum Gasteiger partial charge on any atom is 0.150 e. The summed E-state index contributed by atoms with van der Waals surface area (Å²) in [5, 5.41) is 17.6. The largest absolute Gasteiger partial charge is 0.508 e. The van der Waals surface area contributed by atoms with Crippen molar-refractivity contribution in [3.05, 3.63) is 23.8 Å². The Labute approximate surface area is 106 Å². The van der Waals surface area contributed by atoms with Gasteiger partial charge in [0, 0.05) is 63.0 Å². The third-order valence-electron chi connectivity index (χ3n) is 1.06. The number of aromatic hydroxyl groups is 2. The van der Waals surface area contributed by atoms with E-state index in [1.54, 1.807) is 0 Å². The Kier molecular flexibility index (Phi) is 4.95. The minimum Gasteiger partial charge on any atom is -0.508 e. The Hall–Kier alpha value is 0.126. The van der Waals surface area contributed by atoms with Crippen LogP contribution >= 0.6 is 0 Å². The van der Waals surface area contributed by atoms with E-state index in [9.17, 15) is 4.79 Å². The predicted molar refractivity (Wildman–Crippen MR) is 40.9 cm³/mol. The van der Waals surface area contributed by atoms with Crippen LogP contribution in [0.2, 0.25) is 0 Å². The standard InChI is InChI=1S/C7H6O3.K/c8-4-5-1-6(9)3-7(10)2-5;/h1-4,9-10H;. The zero-order valence-electron chi connectivity index (χ0n) is 6.11. The molecule has 0 saturated heterocycles. The van der Waals surface area contributed by atoms with Crippen LogP contribution in [-0.2, 0) is 0 Å². The van der Waals surface area contributed by atoms with Gasteiger partial charge in [0.25, 0.3) is 0 Å². The van der Waals surface area contributed by atoms with Crippen molar-refractivity contribution >= 4 is 57.7 Å². The molecule has 0 heterocycles. The van der Waals surface area contributed by atoms with Crippen molar-refractivity contribution in [2.45, 2.75) is 0 Å². The molecule has 0 atom stereocenters. The summed E-state index contributed by atoms with van der Waals surface area (Å²) < 4.78 is 0. The maximum absolute atomic E-state index is 10.1. The number of hydrogen-bond acceptors (Lipinski definition) is 3. The molecule has 0 spiro atoms. The second kappa shape index (κ2) is 4.90. The fraction of sp³-hybridized carbons (Fsp3) is 0. The molecule has 0 bridgehead atoms. The fourth-order valence-corrected chi connectivity index (χ4v) is 0.686. The topological polar surface area (TPSA) is 57.5 Å². The first-order valence-corrected chi connectivity index (χ1v) is 2.70. The summed E-state index contributed by atoms with van der Waals surface area (Å²) in [6.07, 6.45) is 0.555. The van der Waals surface area contributed by atoms with E-state index in [4.69, 9.17) is 10.2 Å². The molecule has 0 fully saturated rings. The Bertz CT molecular complexity index is 240. The van der Waals surface area contributed by atoms with Gasteiger partial charge in [-0.2, -0.15) is 0 Å². The summed E-state index contributed by atoms with van der Waals surface area (Å²) in [6, 6.07) is 3.70. The number of carbonyl (C=O) groups excluding carboxylic acids is 1. The maximum atomic E-state index is 10.1. The van der Waals surface area contributed by atoms with Crippen molar-refractivity contribution in [3.63, 3.8) is 0 Å². The summed E-state index contributed by atoms with van der Waals surface area (Å²) in [5.41, 5.74) is 0.262. The molecule has 0 amide bonds. The van der Waals surface area contributed by atoms with E-state index in [-0.39, 0.29) is 68.4 Å². The molecule has 4 heteroatoms. The molecule has 53 valence electrons. The SMILES string of the molecule is O=Cc1cc(O)cc(O)c1.[K]. The van der Waals surface area contributed by atoms with E-state index < -0.39 is 0 Å². The van der Waals surface area contributed by atoms with E-state index in [0.717, 1.165) is 6.07 Å². The van der Waals surface area contributed by atoms with Crippen molar-refractivity contribution in [2.75, 3.05) is 0 Å². The average molecular weight is 177 g/mol. The van der Waals surface area contributed by atoms with E-state index in [2.05, 4.69) is 0 Å². The van der Waals surface area contributed by atoms with Gasteiger partial charge < -0.3 is 10.2 Å². The smallest absolute Gasteiger partial charge is 0.150 e. The number of aldehydes is 1. The number of rotatable bonds is 1. The van der Waals surface area contributed by atoms with E-state index in [1.807, 2.05) is 0 Å². The van der Waals surface area contributed by atoms with Crippen LogP contribution in [0.15, 0.2) is 18.2 Å². The van der Waals surface area contributed by atoms with Crippen LogP contribution in [0.25, 0.3) is 0 Å². The molecule has 0 aromatic heterocycles. The van der Waals surface area contributed by atoms with E-state index >= 15 is 0 Å². The van der Waals surface area contributed by atoms with Gasteiger partial charge in [0.05, 0.1) is 0 Å². The molecular weight excluding hydrogens is 171 g/mol. The Balaban J connectivity index is 0.000001000. The molecule has 0 aliphatic rings. The fourth-order valence-electron chi connectivity index (χ4n) is 0.686. The molecule has 0 aliphatic carbocycles. The van der Waals surface area contributed by atoms with Crippen LogP contribution in [0.4, 0.5) is 0 Å². The normalized spacial score (nSPS) is 8.36. The van der Waals surface area contributed by atoms with Gasteiger partial charge in [-0.3, -0.25) is 4.79 Å². The zero-order chi connectivity index (χ0) is 7.56. The van der Waals surface area contributed by atoms with Crippen LogP contribution in [0, 0.1) is 0 Å². The van der Waals surface area contributed by atoms with Gasteiger partial charge in [0.2, 0.25) is 0 Å². The first kappa shape index (κ1) is 11.1. The van der Waals surface area contributed by atoms with Crippen molar-refractivity contribution in [1.82, 2.24) is 0 Å². The third kappa shape index (κ3) is 3.35. The summed E-state index contributed by atoms with van der Waals surface area (Å²) in [7, 11) is 0. The molecule has 11 heavy (non-hydrogen) atoms. The van der Waals surface area contributed by atoms with Gasteiger partial charge in [-0.05, 0) is 12.1 Å². The molecule has 0 unspecified atom stereocenters. The monoisotopic (exact) mass is 177 g/mol. The molecule has 1 rings (SSSR count). The molecule has 3 nitrogen and oxygen atoms in total. The number of hydrogen-bond donors (Lipinski definition) is 2. The molecule has 1 aromatic rings. The zero-order valence-corrected chi connectivity index (χ0v) is 9.24. The number of benzene rings is 1. The Morgan fingerprint density at radius 1 is 1.09 bits per heavy atom. The van der Waals surface area contributed by atoms with Crippen molar-refractivity contribution in [2.24, 2.45) is 0 Å². The second-order valence-corrected chi connectivity index (χ2v) is 1.90. The van der Waals surface area contributed by atoms with Crippen LogP contribution in [-0.4, -0.2) is 67.9 Å². The first-order chi connectivity index (χ1) is 4.72. The van der Waals surface area contributed by atoms with E-state index in [0.29, 0.717) is 6.29 Å². The molecule has 0 aliphatic heterocycles. The summed E-state index contributed by atoms with van der Waals surface area (Å²) in [5.74, 6) is -0.218. The van der Waals surface area contributed by atoms with Gasteiger partial charge in [-0.25, -0.2) is 0 Å². The number of phenols is 2. The van der Waals surface area contributed by atoms with Crippen LogP contribution in [0.1, 0.15) is 10.4 Å². The Morgan fingerprint density at radius 3 is 1.91 bits per heavy atom. The summed E-state index contributed by atoms with van der Waals surface area (Å²) >= 11 is 0. The number of phenolic OH excluding ortho intramolecular Hbond substituents is 2. The Morgan fingerprint density at radius 2 is 1.55 bits per heavy atom. The van der Waals surface area contributed by atoms with Crippen LogP contribution in [0.3, 0.4) is 0 Å². The first-order valence-electron chi connectivity index (χ1n) is 2.70. The average Bonchev–Trinajstić information content (AvgIpc) is 1.85. The quantitative estimate of drug-likeness (QED) is 0.486. The van der Waals surface area contributed by atoms with Gasteiger partial charge in [-0.1, -0.05) is 0 Å². The van der Waals surface area contributed by atoms with Gasteiger partial charge in [0.1, 0.15) is 17.8 Å². The van der Waals surface area contributed by atoms with Crippen molar-refractivity contribution < 1.29 is 15.0 Å². The van der Waals surface area contributed by atoms with Crippen molar-refractivity contribution in [3.8, 4) is 11.5 Å². The molecule has 2 N–H and O–H groups in total. The minimum atomic E-state index is -0.109. The van der Waals surface area contributed by atoms with E-state index in [1.165, 1.54) is 12.1 Å². The van der Waals surface area contributed by atoms with Crippen LogP contribution < -0.4 is 0 Å². The molecular formula is C7H6KO3. The van der Waals surface area contributed by atoms with Gasteiger partial charge in [0.15, 0.2) is 0 Å². The van der Waals surface area contributed by atoms with Gasteiger partial charge in [-0.15, -0.1) is 0 Å². The third-order valence-corrected chi connectivity index (χ3v) is 1.06. The molecule has 0 saturated carbocycles. The van der Waals surface area contributed by atoms with Crippen molar-refractivity contribution in [1.29, 1.82) is 0 Å². The number of carbonyl (C=O) groups is 1. The predicted octanol–water partition coefficient (Wildman–Crippen LogP) is 0.529. The molecule has 1 radical (unpaired) electrons. The summed E-state index contributed by atoms with van der Waals surface area (Å²) in [4.78, 5) is 10.1.